The SMILES string of the molecule is Cc1nc2c(c(-c3ccc(Cl)cc3Cl)c1CNC(=O)O)CN(CC(N)=O)C2=O. The second-order valence-electron chi connectivity index (χ2n) is 6.29. The zero-order chi connectivity index (χ0) is 20.6. The lowest BCUT2D eigenvalue weighted by Gasteiger charge is -2.18. The van der Waals surface area contributed by atoms with Gasteiger partial charge in [-0.25, -0.2) is 9.78 Å². The number of hydrogen-bond acceptors (Lipinski definition) is 4. The van der Waals surface area contributed by atoms with Crippen molar-refractivity contribution in [2.75, 3.05) is 6.54 Å². The van der Waals surface area contributed by atoms with E-state index in [2.05, 4.69) is 10.3 Å². The van der Waals surface area contributed by atoms with Crippen molar-refractivity contribution in [2.45, 2.75) is 20.0 Å². The van der Waals surface area contributed by atoms with Crippen LogP contribution in [0, 0.1) is 6.92 Å². The van der Waals surface area contributed by atoms with E-state index in [0.29, 0.717) is 38.0 Å². The van der Waals surface area contributed by atoms with Gasteiger partial charge in [-0.05, 0) is 24.6 Å². The Hall–Kier alpha value is -2.84. The van der Waals surface area contributed by atoms with Crippen LogP contribution in [0.4, 0.5) is 4.79 Å². The van der Waals surface area contributed by atoms with Gasteiger partial charge in [0.05, 0.1) is 0 Å². The number of amides is 3. The largest absolute Gasteiger partial charge is 0.465 e. The maximum atomic E-state index is 12.7. The van der Waals surface area contributed by atoms with Gasteiger partial charge in [-0.2, -0.15) is 0 Å². The molecule has 3 amide bonds. The molecule has 28 heavy (non-hydrogen) atoms. The smallest absolute Gasteiger partial charge is 0.404 e. The summed E-state index contributed by atoms with van der Waals surface area (Å²) in [4.78, 5) is 40.6. The molecule has 0 radical (unpaired) electrons. The van der Waals surface area contributed by atoms with Crippen LogP contribution in [0.3, 0.4) is 0 Å². The van der Waals surface area contributed by atoms with E-state index in [1.54, 1.807) is 25.1 Å². The van der Waals surface area contributed by atoms with Crippen LogP contribution in [-0.4, -0.2) is 39.4 Å². The molecule has 2 aromatic rings. The number of benzene rings is 1. The number of carbonyl (C=O) groups excluding carboxylic acids is 2. The molecule has 10 heteroatoms. The van der Waals surface area contributed by atoms with Crippen LogP contribution in [-0.2, 0) is 17.9 Å². The Bertz CT molecular complexity index is 1010. The minimum absolute atomic E-state index is 0.0280. The summed E-state index contributed by atoms with van der Waals surface area (Å²) in [6, 6.07) is 4.91. The van der Waals surface area contributed by atoms with E-state index < -0.39 is 17.9 Å². The van der Waals surface area contributed by atoms with Gasteiger partial charge in [-0.3, -0.25) is 9.59 Å². The van der Waals surface area contributed by atoms with Crippen LogP contribution in [0.15, 0.2) is 18.2 Å². The Labute approximate surface area is 170 Å². The molecule has 0 spiro atoms. The number of nitrogens with zero attached hydrogens (tertiary/aromatic N) is 2. The van der Waals surface area contributed by atoms with Gasteiger partial charge >= 0.3 is 6.09 Å². The molecule has 4 N–H and O–H groups in total. The quantitative estimate of drug-likeness (QED) is 0.682. The first kappa shape index (κ1) is 19.9. The van der Waals surface area contributed by atoms with Gasteiger partial charge in [-0.15, -0.1) is 0 Å². The normalized spacial score (nSPS) is 12.8. The predicted octanol–water partition coefficient (Wildman–Crippen LogP) is 2.57. The van der Waals surface area contributed by atoms with Gasteiger partial charge in [0.2, 0.25) is 5.91 Å². The number of nitrogens with two attached hydrogens (primary N) is 1. The summed E-state index contributed by atoms with van der Waals surface area (Å²) in [6.07, 6.45) is -1.19. The average molecular weight is 423 g/mol. The van der Waals surface area contributed by atoms with E-state index in [4.69, 9.17) is 34.0 Å². The zero-order valence-electron chi connectivity index (χ0n) is 14.8. The number of carbonyl (C=O) groups is 3. The third-order valence-corrected chi connectivity index (χ3v) is 4.96. The number of aromatic nitrogens is 1. The number of halogens is 2. The van der Waals surface area contributed by atoms with E-state index in [0.717, 1.165) is 0 Å². The summed E-state index contributed by atoms with van der Waals surface area (Å²) >= 11 is 12.4. The standard InChI is InChI=1S/C18H16Cl2N4O4/c1-8-11(5-22-18(27)28)15(10-3-2-9(19)4-13(10)20)12-6-24(7-14(21)25)17(26)16(12)23-8/h2-4,22H,5-7H2,1H3,(H2,21,25)(H,27,28). The lowest BCUT2D eigenvalue weighted by molar-refractivity contribution is -0.118. The Kier molecular flexibility index (Phi) is 5.44. The van der Waals surface area contributed by atoms with Crippen LogP contribution in [0.1, 0.15) is 27.3 Å². The van der Waals surface area contributed by atoms with E-state index in [1.165, 1.54) is 4.90 Å². The Morgan fingerprint density at radius 2 is 2.07 bits per heavy atom. The van der Waals surface area contributed by atoms with Crippen molar-refractivity contribution in [1.82, 2.24) is 15.2 Å². The van der Waals surface area contributed by atoms with Gasteiger partial charge in [0.25, 0.3) is 5.91 Å². The minimum atomic E-state index is -1.19. The van der Waals surface area contributed by atoms with Crippen LogP contribution in [0.25, 0.3) is 11.1 Å². The zero-order valence-corrected chi connectivity index (χ0v) is 16.3. The first-order valence-electron chi connectivity index (χ1n) is 8.21. The first-order chi connectivity index (χ1) is 13.2. The molecule has 1 aliphatic rings. The highest BCUT2D eigenvalue weighted by molar-refractivity contribution is 6.36. The maximum absolute atomic E-state index is 12.7. The number of hydrogen-bond donors (Lipinski definition) is 3. The van der Waals surface area contributed by atoms with Crippen molar-refractivity contribution >= 4 is 41.1 Å². The monoisotopic (exact) mass is 422 g/mol. The number of pyridine rings is 1. The Morgan fingerprint density at radius 1 is 1.36 bits per heavy atom. The number of aryl methyl sites for hydroxylation is 1. The molecule has 8 nitrogen and oxygen atoms in total. The van der Waals surface area contributed by atoms with Gasteiger partial charge in [0.1, 0.15) is 12.2 Å². The van der Waals surface area contributed by atoms with Crippen LogP contribution >= 0.6 is 23.2 Å². The van der Waals surface area contributed by atoms with Crippen molar-refractivity contribution in [3.8, 4) is 11.1 Å². The molecule has 0 atom stereocenters. The summed E-state index contributed by atoms with van der Waals surface area (Å²) in [7, 11) is 0. The van der Waals surface area contributed by atoms with Crippen LogP contribution < -0.4 is 11.1 Å². The van der Waals surface area contributed by atoms with E-state index in [1.807, 2.05) is 0 Å². The number of carboxylic acid groups (broad SMARTS) is 1. The second-order valence-corrected chi connectivity index (χ2v) is 7.13. The van der Waals surface area contributed by atoms with Gasteiger partial charge < -0.3 is 21.1 Å². The molecule has 0 fully saturated rings. The third-order valence-electron chi connectivity index (χ3n) is 4.41. The maximum Gasteiger partial charge on any atom is 0.404 e. The lowest BCUT2D eigenvalue weighted by atomic mass is 9.93. The van der Waals surface area contributed by atoms with Crippen molar-refractivity contribution in [3.05, 3.63) is 50.8 Å². The number of fused-ring (bicyclic) bond motifs is 1. The van der Waals surface area contributed by atoms with E-state index >= 15 is 0 Å². The molecule has 2 heterocycles. The van der Waals surface area contributed by atoms with Crippen LogP contribution in [0.2, 0.25) is 10.0 Å². The van der Waals surface area contributed by atoms with Crippen molar-refractivity contribution in [1.29, 1.82) is 0 Å². The van der Waals surface area contributed by atoms with Crippen molar-refractivity contribution in [3.63, 3.8) is 0 Å². The third kappa shape index (κ3) is 3.74. The van der Waals surface area contributed by atoms with Crippen LogP contribution in [0.5, 0.6) is 0 Å². The summed E-state index contributed by atoms with van der Waals surface area (Å²) in [5.41, 5.74) is 8.23. The summed E-state index contributed by atoms with van der Waals surface area (Å²) in [5, 5.41) is 12.1. The van der Waals surface area contributed by atoms with Gasteiger partial charge in [-0.1, -0.05) is 29.3 Å². The lowest BCUT2D eigenvalue weighted by Crippen LogP contribution is -2.34. The first-order valence-corrected chi connectivity index (χ1v) is 8.96. The molecule has 1 aromatic heterocycles. The molecule has 0 saturated carbocycles. The summed E-state index contributed by atoms with van der Waals surface area (Å²) < 4.78 is 0. The summed E-state index contributed by atoms with van der Waals surface area (Å²) in [6.45, 7) is 1.51. The molecule has 0 saturated heterocycles. The molecule has 3 rings (SSSR count). The molecular weight excluding hydrogens is 407 g/mol. The number of rotatable bonds is 5. The topological polar surface area (TPSA) is 126 Å². The Balaban J connectivity index is 2.22. The fraction of sp³-hybridized carbons (Fsp3) is 0.222. The number of nitrogens with one attached hydrogen (secondary N) is 1. The highest BCUT2D eigenvalue weighted by Gasteiger charge is 2.34. The molecule has 1 aromatic carbocycles. The molecule has 0 aliphatic carbocycles. The second kappa shape index (κ2) is 7.65. The van der Waals surface area contributed by atoms with Gasteiger partial charge in [0, 0.05) is 45.5 Å². The molecule has 1 aliphatic heterocycles. The van der Waals surface area contributed by atoms with E-state index in [9.17, 15) is 14.4 Å². The molecule has 146 valence electrons. The fourth-order valence-electron chi connectivity index (χ4n) is 3.24. The van der Waals surface area contributed by atoms with Crippen molar-refractivity contribution in [2.24, 2.45) is 5.73 Å². The highest BCUT2D eigenvalue weighted by atomic mass is 35.5. The Morgan fingerprint density at radius 3 is 2.68 bits per heavy atom. The molecular formula is C18H16Cl2N4O4. The fourth-order valence-corrected chi connectivity index (χ4v) is 3.74. The summed E-state index contributed by atoms with van der Waals surface area (Å²) in [5.74, 6) is -1.06. The van der Waals surface area contributed by atoms with E-state index in [-0.39, 0.29) is 25.3 Å². The molecule has 0 unspecified atom stereocenters. The molecule has 0 bridgehead atoms. The van der Waals surface area contributed by atoms with Crippen molar-refractivity contribution < 1.29 is 19.5 Å². The highest BCUT2D eigenvalue weighted by Crippen LogP contribution is 2.39. The predicted molar refractivity (Wildman–Crippen MR) is 103 cm³/mol. The van der Waals surface area contributed by atoms with Gasteiger partial charge in [0.15, 0.2) is 0 Å². The average Bonchev–Trinajstić information content (AvgIpc) is 2.88. The number of primary amides is 1. The minimum Gasteiger partial charge on any atom is -0.465 e.